The normalized spacial score (nSPS) is 11.1. The van der Waals surface area contributed by atoms with Crippen LogP contribution in [0, 0.1) is 0 Å². The summed E-state index contributed by atoms with van der Waals surface area (Å²) in [7, 11) is 0. The van der Waals surface area contributed by atoms with Crippen LogP contribution in [0.5, 0.6) is 0 Å². The Labute approximate surface area is 78.1 Å². The van der Waals surface area contributed by atoms with Crippen molar-refractivity contribution in [3.8, 4) is 0 Å². The lowest BCUT2D eigenvalue weighted by molar-refractivity contribution is 0.313. The summed E-state index contributed by atoms with van der Waals surface area (Å²) in [5.41, 5.74) is 0. The molecule has 0 aliphatic carbocycles. The summed E-state index contributed by atoms with van der Waals surface area (Å²) in [6.07, 6.45) is 3.32. The molecule has 1 nitrogen and oxygen atoms in total. The molecule has 0 N–H and O–H groups in total. The van der Waals surface area contributed by atoms with E-state index in [1.54, 1.807) is 0 Å². The van der Waals surface area contributed by atoms with E-state index in [2.05, 4.69) is 19.2 Å². The van der Waals surface area contributed by atoms with Gasteiger partial charge in [-0.3, -0.25) is 0 Å². The molecule has 11 heavy (non-hydrogen) atoms. The van der Waals surface area contributed by atoms with Crippen molar-refractivity contribution in [1.82, 2.24) is 0 Å². The van der Waals surface area contributed by atoms with Crippen LogP contribution in [-0.2, 0) is 4.74 Å². The lowest BCUT2D eigenvalue weighted by Crippen LogP contribution is -1.96. The minimum atomic E-state index is 0.709. The van der Waals surface area contributed by atoms with Crippen molar-refractivity contribution in [3.63, 3.8) is 0 Å². The fraction of sp³-hybridized carbons (Fsp3) is 0.750. The molecular formula is C8H16OS2. The van der Waals surface area contributed by atoms with Crippen LogP contribution in [-0.4, -0.2) is 16.4 Å². The van der Waals surface area contributed by atoms with E-state index >= 15 is 0 Å². The molecule has 0 spiro atoms. The second kappa shape index (κ2) is 8.21. The zero-order chi connectivity index (χ0) is 8.53. The molecule has 0 rings (SSSR count). The van der Waals surface area contributed by atoms with Gasteiger partial charge in [-0.2, -0.15) is 0 Å². The summed E-state index contributed by atoms with van der Waals surface area (Å²) in [5.74, 6) is 0. The molecule has 0 amide bonds. The molecule has 0 saturated carbocycles. The van der Waals surface area contributed by atoms with Gasteiger partial charge in [0.05, 0.1) is 6.61 Å². The maximum atomic E-state index is 5.27. The first-order valence-electron chi connectivity index (χ1n) is 4.00. The molecule has 3 heteroatoms. The summed E-state index contributed by atoms with van der Waals surface area (Å²) in [5, 5.41) is 2.11. The quantitative estimate of drug-likeness (QED) is 0.417. The number of unbranched alkanes of at least 4 members (excludes halogenated alkanes) is 1. The van der Waals surface area contributed by atoms with Gasteiger partial charge in [0.2, 0.25) is 4.38 Å². The first kappa shape index (κ1) is 11.1. The molecule has 0 heterocycles. The number of rotatable bonds is 4. The topological polar surface area (TPSA) is 9.23 Å². The second-order valence-corrected chi connectivity index (χ2v) is 3.89. The van der Waals surface area contributed by atoms with Gasteiger partial charge in [0.1, 0.15) is 0 Å². The maximum Gasteiger partial charge on any atom is 0.211 e. The predicted octanol–water partition coefficient (Wildman–Crippen LogP) is 2.77. The molecule has 0 unspecified atom stereocenters. The van der Waals surface area contributed by atoms with E-state index in [1.165, 1.54) is 0 Å². The Kier molecular flexibility index (Phi) is 8.29. The fourth-order valence-electron chi connectivity index (χ4n) is 0.507. The highest BCUT2D eigenvalue weighted by atomic mass is 32.2. The van der Waals surface area contributed by atoms with E-state index in [0.29, 0.717) is 4.38 Å². The van der Waals surface area contributed by atoms with E-state index in [1.807, 2.05) is 0 Å². The van der Waals surface area contributed by atoms with Crippen molar-refractivity contribution in [2.75, 3.05) is 6.61 Å². The Morgan fingerprint density at radius 3 is 2.82 bits per heavy atom. The van der Waals surface area contributed by atoms with Crippen LogP contribution in [0.25, 0.3) is 0 Å². The van der Waals surface area contributed by atoms with Crippen LogP contribution >= 0.6 is 23.6 Å². The zero-order valence-electron chi connectivity index (χ0n) is 7.17. The Hall–Kier alpha value is 0.110. The zero-order valence-corrected chi connectivity index (χ0v) is 8.88. The van der Waals surface area contributed by atoms with Crippen LogP contribution in [0.4, 0.5) is 0 Å². The molecule has 0 saturated heterocycles. The van der Waals surface area contributed by atoms with Gasteiger partial charge in [-0.05, 0) is 25.1 Å². The Morgan fingerprint density at radius 2 is 2.27 bits per heavy atom. The first-order valence-corrected chi connectivity index (χ1v) is 5.37. The molecule has 0 fully saturated rings. The van der Waals surface area contributed by atoms with Gasteiger partial charge in [0.25, 0.3) is 0 Å². The van der Waals surface area contributed by atoms with Crippen molar-refractivity contribution >= 4 is 33.3 Å². The van der Waals surface area contributed by atoms with Gasteiger partial charge in [-0.1, -0.05) is 25.6 Å². The van der Waals surface area contributed by atoms with Gasteiger partial charge in [-0.25, -0.2) is 0 Å². The lowest BCUT2D eigenvalue weighted by Gasteiger charge is -2.01. The monoisotopic (exact) mass is 192 g/mol. The fourth-order valence-corrected chi connectivity index (χ4v) is 1.31. The van der Waals surface area contributed by atoms with Gasteiger partial charge < -0.3 is 4.74 Å². The number of ether oxygens (including phenoxy) is 1. The highest BCUT2D eigenvalue weighted by molar-refractivity contribution is 8.21. The van der Waals surface area contributed by atoms with Crippen molar-refractivity contribution in [2.45, 2.75) is 33.1 Å². The summed E-state index contributed by atoms with van der Waals surface area (Å²) in [6, 6.07) is 0. The maximum absolute atomic E-state index is 5.27. The largest absolute Gasteiger partial charge is 0.479 e. The van der Waals surface area contributed by atoms with E-state index in [4.69, 9.17) is 17.0 Å². The standard InChI is InChI=1S/C8H16OS2/c1-3-5-6-9-8(10)11-7-4-2/h7,11H,3-6H2,1-2H3. The average Bonchev–Trinajstić information content (AvgIpc) is 2.01. The smallest absolute Gasteiger partial charge is 0.211 e. The van der Waals surface area contributed by atoms with E-state index in [-0.39, 0.29) is 0 Å². The molecule has 0 bridgehead atoms. The number of hydrogen-bond donors (Lipinski definition) is 1. The molecular weight excluding hydrogens is 176 g/mol. The molecule has 0 aromatic rings. The third-order valence-electron chi connectivity index (χ3n) is 1.10. The third-order valence-corrected chi connectivity index (χ3v) is 2.42. The van der Waals surface area contributed by atoms with Crippen LogP contribution in [0.2, 0.25) is 0 Å². The van der Waals surface area contributed by atoms with Crippen LogP contribution < -0.4 is 0 Å². The third kappa shape index (κ3) is 8.01. The van der Waals surface area contributed by atoms with Gasteiger partial charge in [0.15, 0.2) is 0 Å². The molecule has 0 radical (unpaired) electrons. The van der Waals surface area contributed by atoms with Crippen molar-refractivity contribution in [3.05, 3.63) is 0 Å². The minimum Gasteiger partial charge on any atom is -0.479 e. The van der Waals surface area contributed by atoms with Crippen molar-refractivity contribution in [2.24, 2.45) is 0 Å². The summed E-state index contributed by atoms with van der Waals surface area (Å²) >= 11 is 6.02. The lowest BCUT2D eigenvalue weighted by atomic mass is 10.4. The van der Waals surface area contributed by atoms with Crippen LogP contribution in [0.15, 0.2) is 0 Å². The first-order chi connectivity index (χ1) is 5.31. The Balaban J connectivity index is 3.30. The molecule has 0 aromatic carbocycles. The molecule has 0 aromatic heterocycles. The molecule has 66 valence electrons. The van der Waals surface area contributed by atoms with E-state index < -0.39 is 0 Å². The van der Waals surface area contributed by atoms with E-state index in [0.717, 1.165) is 37.2 Å². The van der Waals surface area contributed by atoms with Crippen LogP contribution in [0.1, 0.15) is 33.1 Å². The Morgan fingerprint density at radius 1 is 1.55 bits per heavy atom. The average molecular weight is 192 g/mol. The number of hydrogen-bond acceptors (Lipinski definition) is 2. The molecule has 0 aliphatic rings. The minimum absolute atomic E-state index is 0.709. The van der Waals surface area contributed by atoms with Gasteiger partial charge in [-0.15, -0.1) is 11.4 Å². The summed E-state index contributed by atoms with van der Waals surface area (Å²) in [4.78, 5) is 0. The SMILES string of the molecule is CCC=[SH]C(=S)OCCCC. The van der Waals surface area contributed by atoms with Gasteiger partial charge in [0, 0.05) is 0 Å². The van der Waals surface area contributed by atoms with Crippen molar-refractivity contribution in [1.29, 1.82) is 0 Å². The molecule has 0 aliphatic heterocycles. The highest BCUT2D eigenvalue weighted by Gasteiger charge is 1.88. The predicted molar refractivity (Wildman–Crippen MR) is 58.8 cm³/mol. The number of thiocarbonyl (C=S) groups is 1. The van der Waals surface area contributed by atoms with E-state index in [9.17, 15) is 0 Å². The molecule has 0 atom stereocenters. The Bertz CT molecular complexity index is 132. The van der Waals surface area contributed by atoms with Gasteiger partial charge >= 0.3 is 0 Å². The van der Waals surface area contributed by atoms with Crippen LogP contribution in [0.3, 0.4) is 0 Å². The second-order valence-electron chi connectivity index (χ2n) is 2.19. The summed E-state index contributed by atoms with van der Waals surface area (Å²) in [6.45, 7) is 5.02. The number of thiol groups is 1. The van der Waals surface area contributed by atoms with Crippen molar-refractivity contribution < 1.29 is 4.74 Å². The summed E-state index contributed by atoms with van der Waals surface area (Å²) < 4.78 is 5.98. The highest BCUT2D eigenvalue weighted by Crippen LogP contribution is 1.97.